The number of rotatable bonds is 7. The molecule has 0 aliphatic heterocycles. The van der Waals surface area contributed by atoms with Crippen LogP contribution in [0.3, 0.4) is 0 Å². The maximum absolute atomic E-state index is 11.9. The van der Waals surface area contributed by atoms with Crippen LogP contribution in [0.25, 0.3) is 0 Å². The number of carboxylic acid groups (broad SMARTS) is 1. The van der Waals surface area contributed by atoms with E-state index in [1.165, 1.54) is 24.3 Å². The van der Waals surface area contributed by atoms with Crippen molar-refractivity contribution < 1.29 is 23.1 Å². The van der Waals surface area contributed by atoms with E-state index in [4.69, 9.17) is 33.0 Å². The minimum atomic E-state index is -3.37. The van der Waals surface area contributed by atoms with Gasteiger partial charge in [-0.1, -0.05) is 30.1 Å². The summed E-state index contributed by atoms with van der Waals surface area (Å²) in [6, 6.07) is 8.94. The zero-order valence-corrected chi connectivity index (χ0v) is 15.5. The van der Waals surface area contributed by atoms with Crippen LogP contribution in [0.5, 0.6) is 5.75 Å². The number of benzene rings is 2. The third-order valence-electron chi connectivity index (χ3n) is 3.24. The van der Waals surface area contributed by atoms with Crippen LogP contribution < -0.4 is 10.1 Å². The predicted molar refractivity (Wildman–Crippen MR) is 97.0 cm³/mol. The highest BCUT2D eigenvalue weighted by Gasteiger charge is 2.15. The van der Waals surface area contributed by atoms with Gasteiger partial charge in [0.15, 0.2) is 16.4 Å². The number of anilines is 2. The molecule has 0 bridgehead atoms. The normalized spacial score (nSPS) is 11.2. The number of hydrogen-bond donors (Lipinski definition) is 2. The van der Waals surface area contributed by atoms with Gasteiger partial charge in [0.05, 0.1) is 27.0 Å². The fraction of sp³-hybridized carbons (Fsp3) is 0.188. The number of halogens is 2. The summed E-state index contributed by atoms with van der Waals surface area (Å²) in [6.45, 7) is 1.03. The van der Waals surface area contributed by atoms with Crippen molar-refractivity contribution in [3.63, 3.8) is 0 Å². The van der Waals surface area contributed by atoms with E-state index in [1.807, 2.05) is 0 Å². The zero-order chi connectivity index (χ0) is 18.6. The Morgan fingerprint density at radius 3 is 2.48 bits per heavy atom. The molecular weight excluding hydrogens is 389 g/mol. The van der Waals surface area contributed by atoms with Crippen molar-refractivity contribution in [1.29, 1.82) is 0 Å². The quantitative estimate of drug-likeness (QED) is 0.725. The first-order valence-electron chi connectivity index (χ1n) is 7.16. The number of carbonyl (C=O) groups is 1. The summed E-state index contributed by atoms with van der Waals surface area (Å²) in [5.74, 6) is -0.876. The number of carboxylic acids is 1. The Morgan fingerprint density at radius 2 is 1.88 bits per heavy atom. The lowest BCUT2D eigenvalue weighted by Gasteiger charge is -2.14. The highest BCUT2D eigenvalue weighted by atomic mass is 35.5. The molecule has 0 radical (unpaired) electrons. The molecule has 0 atom stereocenters. The van der Waals surface area contributed by atoms with Gasteiger partial charge >= 0.3 is 5.97 Å². The van der Waals surface area contributed by atoms with Crippen LogP contribution >= 0.6 is 23.2 Å². The molecule has 0 aliphatic rings. The van der Waals surface area contributed by atoms with Gasteiger partial charge in [-0.05, 0) is 36.4 Å². The van der Waals surface area contributed by atoms with E-state index < -0.39 is 22.4 Å². The molecule has 9 heteroatoms. The average Bonchev–Trinajstić information content (AvgIpc) is 2.55. The van der Waals surface area contributed by atoms with E-state index in [2.05, 4.69) is 5.32 Å². The Hall–Kier alpha value is -1.96. The van der Waals surface area contributed by atoms with E-state index in [0.29, 0.717) is 16.4 Å². The molecule has 25 heavy (non-hydrogen) atoms. The van der Waals surface area contributed by atoms with Crippen LogP contribution in [0.2, 0.25) is 10.0 Å². The highest BCUT2D eigenvalue weighted by Crippen LogP contribution is 2.34. The molecule has 134 valence electrons. The lowest BCUT2D eigenvalue weighted by Crippen LogP contribution is -2.10. The molecule has 0 unspecified atom stereocenters. The second kappa shape index (κ2) is 7.95. The number of nitrogens with one attached hydrogen (secondary N) is 1. The van der Waals surface area contributed by atoms with Gasteiger partial charge in [0.2, 0.25) is 0 Å². The van der Waals surface area contributed by atoms with E-state index in [0.717, 1.165) is 0 Å². The number of aliphatic carboxylic acids is 1. The first kappa shape index (κ1) is 19.4. The van der Waals surface area contributed by atoms with E-state index in [9.17, 15) is 13.2 Å². The van der Waals surface area contributed by atoms with Gasteiger partial charge in [0, 0.05) is 5.02 Å². The zero-order valence-electron chi connectivity index (χ0n) is 13.1. The largest absolute Gasteiger partial charge is 0.480 e. The van der Waals surface area contributed by atoms with E-state index >= 15 is 0 Å². The third-order valence-corrected chi connectivity index (χ3v) is 5.52. The van der Waals surface area contributed by atoms with Crippen molar-refractivity contribution in [3.05, 3.63) is 46.4 Å². The second-order valence-corrected chi connectivity index (χ2v) is 8.11. The van der Waals surface area contributed by atoms with Gasteiger partial charge in [0.1, 0.15) is 5.75 Å². The second-order valence-electron chi connectivity index (χ2n) is 4.99. The Balaban J connectivity index is 2.33. The minimum absolute atomic E-state index is 0.0302. The van der Waals surface area contributed by atoms with Gasteiger partial charge < -0.3 is 15.2 Å². The van der Waals surface area contributed by atoms with Crippen LogP contribution in [0.1, 0.15) is 6.92 Å². The number of ether oxygens (including phenoxy) is 1. The van der Waals surface area contributed by atoms with Crippen LogP contribution in [-0.2, 0) is 14.6 Å². The molecule has 2 rings (SSSR count). The van der Waals surface area contributed by atoms with Crippen LogP contribution in [0.4, 0.5) is 11.4 Å². The summed E-state index contributed by atoms with van der Waals surface area (Å²) in [5.41, 5.74) is 0.834. The molecule has 0 saturated carbocycles. The van der Waals surface area contributed by atoms with Crippen molar-refractivity contribution in [1.82, 2.24) is 0 Å². The molecule has 0 aliphatic carbocycles. The lowest BCUT2D eigenvalue weighted by molar-refractivity contribution is -0.139. The van der Waals surface area contributed by atoms with Gasteiger partial charge in [0.25, 0.3) is 0 Å². The Morgan fingerprint density at radius 1 is 1.16 bits per heavy atom. The van der Waals surface area contributed by atoms with Gasteiger partial charge in [-0.25, -0.2) is 13.2 Å². The van der Waals surface area contributed by atoms with Crippen molar-refractivity contribution in [2.45, 2.75) is 11.8 Å². The van der Waals surface area contributed by atoms with E-state index in [1.54, 1.807) is 19.1 Å². The van der Waals surface area contributed by atoms with Gasteiger partial charge in [-0.3, -0.25) is 0 Å². The molecule has 0 fully saturated rings. The molecular formula is C16H15Cl2NO5S. The molecule has 0 aromatic heterocycles. The number of sulfone groups is 1. The Kier molecular flexibility index (Phi) is 6.16. The molecule has 2 N–H and O–H groups in total. The highest BCUT2D eigenvalue weighted by molar-refractivity contribution is 7.91. The molecule has 2 aromatic carbocycles. The monoisotopic (exact) mass is 403 g/mol. The average molecular weight is 404 g/mol. The van der Waals surface area contributed by atoms with Crippen molar-refractivity contribution in [3.8, 4) is 5.75 Å². The third kappa shape index (κ3) is 5.01. The summed E-state index contributed by atoms with van der Waals surface area (Å²) in [4.78, 5) is 10.8. The fourth-order valence-corrected chi connectivity index (χ4v) is 3.34. The lowest BCUT2D eigenvalue weighted by atomic mass is 10.2. The standard InChI is InChI=1S/C16H15Cl2NO5S/c1-2-25(22,23)11-4-5-13(12(18)8-11)19-14-7-10(17)3-6-15(14)24-9-16(20)21/h3-8,19H,2,9H2,1H3,(H,20,21). The van der Waals surface area contributed by atoms with Crippen molar-refractivity contribution >= 4 is 50.4 Å². The SMILES string of the molecule is CCS(=O)(=O)c1ccc(Nc2cc(Cl)ccc2OCC(=O)O)c(Cl)c1. The summed E-state index contributed by atoms with van der Waals surface area (Å²) in [7, 11) is -3.37. The molecule has 0 amide bonds. The summed E-state index contributed by atoms with van der Waals surface area (Å²) < 4.78 is 29.0. The molecule has 0 saturated heterocycles. The first-order valence-corrected chi connectivity index (χ1v) is 9.57. The van der Waals surface area contributed by atoms with Crippen molar-refractivity contribution in [2.75, 3.05) is 17.7 Å². The fourth-order valence-electron chi connectivity index (χ4n) is 1.97. The molecule has 0 heterocycles. The maximum atomic E-state index is 11.9. The predicted octanol–water partition coefficient (Wildman–Crippen LogP) is 3.99. The number of hydrogen-bond acceptors (Lipinski definition) is 5. The van der Waals surface area contributed by atoms with Crippen molar-refractivity contribution in [2.24, 2.45) is 0 Å². The minimum Gasteiger partial charge on any atom is -0.480 e. The molecule has 6 nitrogen and oxygen atoms in total. The van der Waals surface area contributed by atoms with Gasteiger partial charge in [-0.2, -0.15) is 0 Å². The van der Waals surface area contributed by atoms with Crippen LogP contribution in [0, 0.1) is 0 Å². The van der Waals surface area contributed by atoms with E-state index in [-0.39, 0.29) is 21.4 Å². The summed E-state index contributed by atoms with van der Waals surface area (Å²) >= 11 is 12.1. The maximum Gasteiger partial charge on any atom is 0.341 e. The topological polar surface area (TPSA) is 92.7 Å². The Bertz CT molecular complexity index is 899. The summed E-state index contributed by atoms with van der Waals surface area (Å²) in [6.07, 6.45) is 0. The smallest absolute Gasteiger partial charge is 0.341 e. The van der Waals surface area contributed by atoms with Gasteiger partial charge in [-0.15, -0.1) is 0 Å². The first-order chi connectivity index (χ1) is 11.7. The molecule has 0 spiro atoms. The molecule has 2 aromatic rings. The van der Waals surface area contributed by atoms with Crippen LogP contribution in [0.15, 0.2) is 41.3 Å². The summed E-state index contributed by atoms with van der Waals surface area (Å²) in [5, 5.41) is 12.3. The van der Waals surface area contributed by atoms with Crippen LogP contribution in [-0.4, -0.2) is 31.9 Å². The Labute approximate surface area is 155 Å².